The third-order valence-corrected chi connectivity index (χ3v) is 3.77. The van der Waals surface area contributed by atoms with E-state index in [1.165, 1.54) is 0 Å². The van der Waals surface area contributed by atoms with Gasteiger partial charge in [-0.05, 0) is 30.7 Å². The summed E-state index contributed by atoms with van der Waals surface area (Å²) in [6, 6.07) is 8.35. The minimum atomic E-state index is -0.337. The topological polar surface area (TPSA) is 46.8 Å². The van der Waals surface area contributed by atoms with E-state index in [-0.39, 0.29) is 11.8 Å². The predicted octanol–water partition coefficient (Wildman–Crippen LogP) is 3.12. The monoisotopic (exact) mass is 254 g/mol. The summed E-state index contributed by atoms with van der Waals surface area (Å²) in [5.41, 5.74) is 3.02. The molecular weight excluding hydrogens is 240 g/mol. The zero-order valence-corrected chi connectivity index (χ0v) is 10.6. The lowest BCUT2D eigenvalue weighted by Gasteiger charge is -2.41. The summed E-state index contributed by atoms with van der Waals surface area (Å²) in [4.78, 5) is 4.52. The van der Waals surface area contributed by atoms with Gasteiger partial charge in [0, 0.05) is 17.5 Å². The smallest absolute Gasteiger partial charge is 0.180 e. The molecule has 4 nitrogen and oxygen atoms in total. The summed E-state index contributed by atoms with van der Waals surface area (Å²) in [7, 11) is 0. The highest BCUT2D eigenvalue weighted by atomic mass is 16.5. The molecule has 4 heteroatoms. The van der Waals surface area contributed by atoms with E-state index in [1.54, 1.807) is 18.9 Å². The van der Waals surface area contributed by atoms with Crippen LogP contribution >= 0.6 is 0 Å². The van der Waals surface area contributed by atoms with Crippen molar-refractivity contribution >= 4 is 6.34 Å². The Balaban J connectivity index is 1.83. The number of rotatable bonds is 1. The zero-order valence-electron chi connectivity index (χ0n) is 10.6. The van der Waals surface area contributed by atoms with Crippen LogP contribution in [0.4, 0.5) is 0 Å². The fourth-order valence-corrected chi connectivity index (χ4v) is 2.76. The van der Waals surface area contributed by atoms with Gasteiger partial charge in [0.1, 0.15) is 5.75 Å². The molecule has 1 aromatic carbocycles. The maximum absolute atomic E-state index is 6.04. The van der Waals surface area contributed by atoms with Crippen LogP contribution in [-0.4, -0.2) is 12.1 Å². The van der Waals surface area contributed by atoms with Crippen LogP contribution in [0.25, 0.3) is 11.1 Å². The fourth-order valence-electron chi connectivity index (χ4n) is 2.76. The van der Waals surface area contributed by atoms with Crippen molar-refractivity contribution in [3.05, 3.63) is 42.4 Å². The lowest BCUT2D eigenvalue weighted by Crippen LogP contribution is -2.52. The Morgan fingerprint density at radius 3 is 3.11 bits per heavy atom. The van der Waals surface area contributed by atoms with Crippen LogP contribution < -0.4 is 10.1 Å². The second kappa shape index (κ2) is 3.63. The molecule has 2 unspecified atom stereocenters. The highest BCUT2D eigenvalue weighted by Crippen LogP contribution is 2.43. The summed E-state index contributed by atoms with van der Waals surface area (Å²) in [6.45, 7) is 2.05. The average molecular weight is 254 g/mol. The van der Waals surface area contributed by atoms with Gasteiger partial charge in [-0.1, -0.05) is 6.07 Å². The van der Waals surface area contributed by atoms with Crippen LogP contribution in [0.3, 0.4) is 0 Å². The summed E-state index contributed by atoms with van der Waals surface area (Å²) in [5, 5.41) is 3.18. The maximum Gasteiger partial charge on any atom is 0.180 e. The number of benzene rings is 1. The quantitative estimate of drug-likeness (QED) is 0.850. The van der Waals surface area contributed by atoms with Crippen molar-refractivity contribution in [1.29, 1.82) is 0 Å². The molecule has 2 aromatic rings. The van der Waals surface area contributed by atoms with Crippen LogP contribution in [0.2, 0.25) is 0 Å². The Bertz CT molecular complexity index is 648. The molecule has 3 heterocycles. The Hall–Kier alpha value is -2.23. The molecule has 0 fully saturated rings. The van der Waals surface area contributed by atoms with Crippen molar-refractivity contribution in [2.24, 2.45) is 4.99 Å². The molecule has 0 saturated heterocycles. The molecule has 2 bridgehead atoms. The normalized spacial score (nSPS) is 27.3. The summed E-state index contributed by atoms with van der Waals surface area (Å²) < 4.78 is 11.2. The molecule has 96 valence electrons. The van der Waals surface area contributed by atoms with E-state index in [1.807, 2.05) is 12.1 Å². The Morgan fingerprint density at radius 2 is 2.26 bits per heavy atom. The molecule has 0 saturated carbocycles. The Kier molecular flexibility index (Phi) is 2.04. The first kappa shape index (κ1) is 10.7. The molecule has 2 atom stereocenters. The Labute approximate surface area is 111 Å². The molecule has 19 heavy (non-hydrogen) atoms. The van der Waals surface area contributed by atoms with Crippen molar-refractivity contribution in [2.75, 3.05) is 0 Å². The molecule has 0 amide bonds. The van der Waals surface area contributed by atoms with Crippen molar-refractivity contribution in [3.8, 4) is 16.9 Å². The average Bonchev–Trinajstić information content (AvgIpc) is 2.92. The SMILES string of the molecule is CC12CC(N=CN1)c1cc(-c3ccoc3)ccc1O2. The lowest BCUT2D eigenvalue weighted by molar-refractivity contribution is 0.0348. The molecule has 2 aliphatic rings. The van der Waals surface area contributed by atoms with Gasteiger partial charge in [0.2, 0.25) is 0 Å². The standard InChI is InChI=1S/C15H14N2O2/c1-15-7-13(16-9-17-15)12-6-10(2-3-14(12)19-15)11-4-5-18-8-11/h2-6,8-9,13H,7H2,1H3,(H,16,17). The number of aliphatic imine (C=N–C) groups is 1. The van der Waals surface area contributed by atoms with Crippen LogP contribution in [0.15, 0.2) is 46.2 Å². The number of hydrogen-bond donors (Lipinski definition) is 1. The van der Waals surface area contributed by atoms with E-state index in [0.29, 0.717) is 0 Å². The van der Waals surface area contributed by atoms with E-state index < -0.39 is 0 Å². The van der Waals surface area contributed by atoms with Crippen molar-refractivity contribution < 1.29 is 9.15 Å². The van der Waals surface area contributed by atoms with Gasteiger partial charge in [0.25, 0.3) is 0 Å². The first-order valence-electron chi connectivity index (χ1n) is 6.38. The van der Waals surface area contributed by atoms with E-state index in [9.17, 15) is 0 Å². The number of hydrogen-bond acceptors (Lipinski definition) is 4. The highest BCUT2D eigenvalue weighted by Gasteiger charge is 2.39. The summed E-state index contributed by atoms with van der Waals surface area (Å²) >= 11 is 0. The highest BCUT2D eigenvalue weighted by molar-refractivity contribution is 5.66. The largest absolute Gasteiger partial charge is 0.472 e. The minimum Gasteiger partial charge on any atom is -0.472 e. The number of nitrogens with zero attached hydrogens (tertiary/aromatic N) is 1. The van der Waals surface area contributed by atoms with Gasteiger partial charge in [0.15, 0.2) is 5.72 Å². The molecular formula is C15H14N2O2. The van der Waals surface area contributed by atoms with Gasteiger partial charge in [-0.2, -0.15) is 0 Å². The second-order valence-corrected chi connectivity index (χ2v) is 5.24. The van der Waals surface area contributed by atoms with Gasteiger partial charge >= 0.3 is 0 Å². The van der Waals surface area contributed by atoms with Gasteiger partial charge in [-0.25, -0.2) is 0 Å². The molecule has 0 spiro atoms. The third-order valence-electron chi connectivity index (χ3n) is 3.77. The van der Waals surface area contributed by atoms with E-state index >= 15 is 0 Å². The number of fused-ring (bicyclic) bond motifs is 4. The molecule has 1 N–H and O–H groups in total. The first-order chi connectivity index (χ1) is 9.23. The molecule has 2 aliphatic heterocycles. The zero-order chi connectivity index (χ0) is 12.9. The van der Waals surface area contributed by atoms with Crippen LogP contribution in [0.5, 0.6) is 5.75 Å². The Morgan fingerprint density at radius 1 is 1.32 bits per heavy atom. The molecule has 1 aromatic heterocycles. The predicted molar refractivity (Wildman–Crippen MR) is 72.2 cm³/mol. The molecule has 0 aliphatic carbocycles. The third kappa shape index (κ3) is 1.63. The van der Waals surface area contributed by atoms with Gasteiger partial charge in [-0.3, -0.25) is 4.99 Å². The van der Waals surface area contributed by atoms with Crippen LogP contribution in [0, 0.1) is 0 Å². The second-order valence-electron chi connectivity index (χ2n) is 5.24. The molecule has 4 rings (SSSR count). The van der Waals surface area contributed by atoms with Crippen LogP contribution in [0.1, 0.15) is 24.9 Å². The lowest BCUT2D eigenvalue weighted by atomic mass is 9.91. The van der Waals surface area contributed by atoms with Crippen LogP contribution in [-0.2, 0) is 0 Å². The van der Waals surface area contributed by atoms with Crippen molar-refractivity contribution in [2.45, 2.75) is 25.1 Å². The van der Waals surface area contributed by atoms with Gasteiger partial charge < -0.3 is 14.5 Å². The van der Waals surface area contributed by atoms with Crippen molar-refractivity contribution in [1.82, 2.24) is 5.32 Å². The maximum atomic E-state index is 6.04. The number of furan rings is 1. The number of ether oxygens (including phenoxy) is 1. The fraction of sp³-hybridized carbons (Fsp3) is 0.267. The van der Waals surface area contributed by atoms with E-state index in [4.69, 9.17) is 9.15 Å². The van der Waals surface area contributed by atoms with Gasteiger partial charge in [-0.15, -0.1) is 0 Å². The molecule has 0 radical (unpaired) electrons. The summed E-state index contributed by atoms with van der Waals surface area (Å²) in [6.07, 6.45) is 6.04. The van der Waals surface area contributed by atoms with Gasteiger partial charge in [0.05, 0.1) is 24.9 Å². The minimum absolute atomic E-state index is 0.168. The number of nitrogens with one attached hydrogen (secondary N) is 1. The van der Waals surface area contributed by atoms with Crippen molar-refractivity contribution in [3.63, 3.8) is 0 Å². The van der Waals surface area contributed by atoms with E-state index in [2.05, 4.69) is 29.4 Å². The van der Waals surface area contributed by atoms with E-state index in [0.717, 1.165) is 28.9 Å². The summed E-state index contributed by atoms with van der Waals surface area (Å²) in [5.74, 6) is 0.912. The first-order valence-corrected chi connectivity index (χ1v) is 6.38.